The standard InChI is InChI=1S/C15H20O4/c1-15(2,3)19-13(16)10-12(14(17)18)9-11-7-5-4-6-8-11/h4-8,12H,9-10H2,1-3H3,(H,17,18). The molecule has 0 aliphatic carbocycles. The third-order valence-electron chi connectivity index (χ3n) is 2.51. The summed E-state index contributed by atoms with van der Waals surface area (Å²) in [4.78, 5) is 22.9. The Labute approximate surface area is 113 Å². The second-order valence-corrected chi connectivity index (χ2v) is 5.52. The van der Waals surface area contributed by atoms with Crippen molar-refractivity contribution in [2.24, 2.45) is 5.92 Å². The van der Waals surface area contributed by atoms with E-state index < -0.39 is 23.5 Å². The van der Waals surface area contributed by atoms with Crippen LogP contribution in [-0.2, 0) is 20.7 Å². The third-order valence-corrected chi connectivity index (χ3v) is 2.51. The lowest BCUT2D eigenvalue weighted by molar-refractivity contribution is -0.159. The maximum absolute atomic E-state index is 11.7. The molecule has 1 unspecified atom stereocenters. The SMILES string of the molecule is CC(C)(C)OC(=O)CC(Cc1ccccc1)C(=O)O. The van der Waals surface area contributed by atoms with Gasteiger partial charge < -0.3 is 9.84 Å². The highest BCUT2D eigenvalue weighted by molar-refractivity contribution is 5.79. The van der Waals surface area contributed by atoms with Gasteiger partial charge >= 0.3 is 11.9 Å². The van der Waals surface area contributed by atoms with Gasteiger partial charge in [-0.15, -0.1) is 0 Å². The van der Waals surface area contributed by atoms with Crippen molar-refractivity contribution >= 4 is 11.9 Å². The van der Waals surface area contributed by atoms with Crippen molar-refractivity contribution in [1.29, 1.82) is 0 Å². The molecular formula is C15H20O4. The topological polar surface area (TPSA) is 63.6 Å². The predicted octanol–water partition coefficient (Wildman–Crippen LogP) is 2.66. The summed E-state index contributed by atoms with van der Waals surface area (Å²) >= 11 is 0. The molecule has 1 aromatic carbocycles. The largest absolute Gasteiger partial charge is 0.481 e. The Morgan fingerprint density at radius 2 is 1.79 bits per heavy atom. The van der Waals surface area contributed by atoms with Gasteiger partial charge in [0.15, 0.2) is 0 Å². The van der Waals surface area contributed by atoms with Gasteiger partial charge in [-0.25, -0.2) is 0 Å². The normalized spacial score (nSPS) is 12.8. The first-order valence-electron chi connectivity index (χ1n) is 6.26. The first-order valence-corrected chi connectivity index (χ1v) is 6.26. The van der Waals surface area contributed by atoms with Crippen molar-refractivity contribution in [3.8, 4) is 0 Å². The zero-order valence-electron chi connectivity index (χ0n) is 11.6. The lowest BCUT2D eigenvalue weighted by Gasteiger charge is -2.21. The molecule has 0 aliphatic heterocycles. The van der Waals surface area contributed by atoms with Gasteiger partial charge in [0.2, 0.25) is 0 Å². The first-order chi connectivity index (χ1) is 8.78. The highest BCUT2D eigenvalue weighted by Crippen LogP contribution is 2.16. The Balaban J connectivity index is 2.64. The number of carbonyl (C=O) groups excluding carboxylic acids is 1. The van der Waals surface area contributed by atoms with Gasteiger partial charge in [0.25, 0.3) is 0 Å². The van der Waals surface area contributed by atoms with Crippen molar-refractivity contribution in [2.45, 2.75) is 39.2 Å². The number of benzene rings is 1. The molecule has 1 atom stereocenters. The van der Waals surface area contributed by atoms with Crippen LogP contribution in [-0.4, -0.2) is 22.6 Å². The molecule has 4 nitrogen and oxygen atoms in total. The van der Waals surface area contributed by atoms with Gasteiger partial charge in [-0.1, -0.05) is 30.3 Å². The molecule has 0 aliphatic rings. The molecule has 1 aromatic rings. The minimum atomic E-state index is -0.977. The van der Waals surface area contributed by atoms with Crippen LogP contribution in [0.15, 0.2) is 30.3 Å². The second kappa shape index (κ2) is 6.36. The Kier molecular flexibility index (Phi) is 5.10. The summed E-state index contributed by atoms with van der Waals surface area (Å²) in [5.74, 6) is -2.21. The highest BCUT2D eigenvalue weighted by atomic mass is 16.6. The molecule has 0 bridgehead atoms. The quantitative estimate of drug-likeness (QED) is 0.830. The molecule has 104 valence electrons. The molecule has 0 fully saturated rings. The van der Waals surface area contributed by atoms with E-state index in [0.29, 0.717) is 6.42 Å². The Bertz CT molecular complexity index is 431. The lowest BCUT2D eigenvalue weighted by Crippen LogP contribution is -2.28. The number of carboxylic acid groups (broad SMARTS) is 1. The van der Waals surface area contributed by atoms with Gasteiger partial charge in [-0.2, -0.15) is 0 Å². The van der Waals surface area contributed by atoms with Crippen LogP contribution in [0.25, 0.3) is 0 Å². The van der Waals surface area contributed by atoms with Crippen LogP contribution < -0.4 is 0 Å². The highest BCUT2D eigenvalue weighted by Gasteiger charge is 2.25. The van der Waals surface area contributed by atoms with E-state index in [9.17, 15) is 14.7 Å². The number of rotatable bonds is 5. The molecule has 1 N–H and O–H groups in total. The van der Waals surface area contributed by atoms with Crippen LogP contribution in [0.2, 0.25) is 0 Å². The Morgan fingerprint density at radius 3 is 2.26 bits per heavy atom. The fourth-order valence-corrected chi connectivity index (χ4v) is 1.73. The fourth-order valence-electron chi connectivity index (χ4n) is 1.73. The number of hydrogen-bond donors (Lipinski definition) is 1. The van der Waals surface area contributed by atoms with Crippen molar-refractivity contribution in [3.05, 3.63) is 35.9 Å². The smallest absolute Gasteiger partial charge is 0.307 e. The van der Waals surface area contributed by atoms with E-state index in [-0.39, 0.29) is 6.42 Å². The van der Waals surface area contributed by atoms with Crippen molar-refractivity contribution in [1.82, 2.24) is 0 Å². The zero-order chi connectivity index (χ0) is 14.5. The molecule has 0 spiro atoms. The molecule has 0 heterocycles. The van der Waals surface area contributed by atoms with Crippen LogP contribution in [0.3, 0.4) is 0 Å². The molecule has 4 heteroatoms. The molecule has 0 radical (unpaired) electrons. The molecule has 1 rings (SSSR count). The predicted molar refractivity (Wildman–Crippen MR) is 71.7 cm³/mol. The summed E-state index contributed by atoms with van der Waals surface area (Å²) in [6.07, 6.45) is 0.219. The van der Waals surface area contributed by atoms with E-state index in [0.717, 1.165) is 5.56 Å². The summed E-state index contributed by atoms with van der Waals surface area (Å²) in [5, 5.41) is 9.17. The first kappa shape index (κ1) is 15.2. The molecule has 0 amide bonds. The van der Waals surface area contributed by atoms with E-state index in [1.165, 1.54) is 0 Å². The summed E-state index contributed by atoms with van der Waals surface area (Å²) in [5.41, 5.74) is 0.311. The summed E-state index contributed by atoms with van der Waals surface area (Å²) < 4.78 is 5.15. The van der Waals surface area contributed by atoms with Crippen LogP contribution in [0.4, 0.5) is 0 Å². The van der Waals surface area contributed by atoms with Gasteiger partial charge in [-0.3, -0.25) is 9.59 Å². The summed E-state index contributed by atoms with van der Waals surface area (Å²) in [7, 11) is 0. The maximum Gasteiger partial charge on any atom is 0.307 e. The third kappa shape index (κ3) is 6.04. The average molecular weight is 264 g/mol. The van der Waals surface area contributed by atoms with Gasteiger partial charge in [-0.05, 0) is 32.8 Å². The van der Waals surface area contributed by atoms with Crippen molar-refractivity contribution in [2.75, 3.05) is 0 Å². The second-order valence-electron chi connectivity index (χ2n) is 5.52. The maximum atomic E-state index is 11.7. The van der Waals surface area contributed by atoms with Gasteiger partial charge in [0.1, 0.15) is 5.60 Å². The van der Waals surface area contributed by atoms with E-state index in [1.54, 1.807) is 20.8 Å². The zero-order valence-corrected chi connectivity index (χ0v) is 11.6. The van der Waals surface area contributed by atoms with E-state index >= 15 is 0 Å². The molecular weight excluding hydrogens is 244 g/mol. The van der Waals surface area contributed by atoms with Crippen LogP contribution in [0, 0.1) is 5.92 Å². The molecule has 0 saturated carbocycles. The number of esters is 1. The van der Waals surface area contributed by atoms with Gasteiger partial charge in [0.05, 0.1) is 12.3 Å². The minimum Gasteiger partial charge on any atom is -0.481 e. The van der Waals surface area contributed by atoms with Crippen LogP contribution >= 0.6 is 0 Å². The number of carbonyl (C=O) groups is 2. The molecule has 19 heavy (non-hydrogen) atoms. The van der Waals surface area contributed by atoms with E-state index in [4.69, 9.17) is 4.74 Å². The lowest BCUT2D eigenvalue weighted by atomic mass is 9.96. The van der Waals surface area contributed by atoms with Crippen molar-refractivity contribution in [3.63, 3.8) is 0 Å². The monoisotopic (exact) mass is 264 g/mol. The number of carboxylic acids is 1. The van der Waals surface area contributed by atoms with Crippen molar-refractivity contribution < 1.29 is 19.4 Å². The minimum absolute atomic E-state index is 0.110. The van der Waals surface area contributed by atoms with Gasteiger partial charge in [0, 0.05) is 0 Å². The number of ether oxygens (including phenoxy) is 1. The molecule has 0 aromatic heterocycles. The Morgan fingerprint density at radius 1 is 1.21 bits per heavy atom. The van der Waals surface area contributed by atoms with Crippen LogP contribution in [0.1, 0.15) is 32.8 Å². The fraction of sp³-hybridized carbons (Fsp3) is 0.467. The van der Waals surface area contributed by atoms with E-state index in [1.807, 2.05) is 30.3 Å². The summed E-state index contributed by atoms with van der Waals surface area (Å²) in [6, 6.07) is 9.27. The molecule has 0 saturated heterocycles. The number of aliphatic carboxylic acids is 1. The Hall–Kier alpha value is -1.84. The number of hydrogen-bond acceptors (Lipinski definition) is 3. The summed E-state index contributed by atoms with van der Waals surface area (Å²) in [6.45, 7) is 5.29. The average Bonchev–Trinajstić information content (AvgIpc) is 2.26. The van der Waals surface area contributed by atoms with E-state index in [2.05, 4.69) is 0 Å². The van der Waals surface area contributed by atoms with Crippen LogP contribution in [0.5, 0.6) is 0 Å².